The Bertz CT molecular complexity index is 1110. The molecule has 154 valence electrons. The molecule has 3 aromatic rings. The van der Waals surface area contributed by atoms with Crippen molar-refractivity contribution >= 4 is 23.7 Å². The van der Waals surface area contributed by atoms with Gasteiger partial charge in [-0.15, -0.1) is 0 Å². The summed E-state index contributed by atoms with van der Waals surface area (Å²) < 4.78 is 3.04. The summed E-state index contributed by atoms with van der Waals surface area (Å²) in [6, 6.07) is 18.9. The fourth-order valence-electron chi connectivity index (χ4n) is 2.98. The molecule has 0 aliphatic rings. The van der Waals surface area contributed by atoms with Gasteiger partial charge in [0.05, 0.1) is 11.4 Å². The average molecular weight is 405 g/mol. The largest absolute Gasteiger partial charge is 0.329 e. The molecule has 0 bridgehead atoms. The molecule has 0 spiro atoms. The molecular weight excluding hydrogens is 382 g/mol. The van der Waals surface area contributed by atoms with Gasteiger partial charge in [-0.2, -0.15) is 5.10 Å². The van der Waals surface area contributed by atoms with Crippen LogP contribution in [0.5, 0.6) is 0 Å². The van der Waals surface area contributed by atoms with Gasteiger partial charge in [0.2, 0.25) is 0 Å². The quantitative estimate of drug-likeness (QED) is 0.374. The van der Waals surface area contributed by atoms with Crippen LogP contribution < -0.4 is 16.3 Å². The van der Waals surface area contributed by atoms with Gasteiger partial charge in [0.1, 0.15) is 5.69 Å². The van der Waals surface area contributed by atoms with Crippen molar-refractivity contribution in [3.05, 3.63) is 82.3 Å². The summed E-state index contributed by atoms with van der Waals surface area (Å²) in [7, 11) is 1.70. The maximum atomic E-state index is 12.8. The Morgan fingerprint density at radius 3 is 2.30 bits per heavy atom. The van der Waals surface area contributed by atoms with E-state index in [4.69, 9.17) is 0 Å². The molecule has 1 heterocycles. The lowest BCUT2D eigenvalue weighted by atomic mass is 10.1. The first-order chi connectivity index (χ1) is 14.5. The molecule has 2 amide bonds. The van der Waals surface area contributed by atoms with Gasteiger partial charge in [-0.05, 0) is 37.5 Å². The Morgan fingerprint density at radius 1 is 1.00 bits per heavy atom. The summed E-state index contributed by atoms with van der Waals surface area (Å²) in [6.45, 7) is 1.69. The van der Waals surface area contributed by atoms with E-state index < -0.39 is 17.4 Å². The summed E-state index contributed by atoms with van der Waals surface area (Å²) >= 11 is 0. The monoisotopic (exact) mass is 405 g/mol. The molecule has 8 heteroatoms. The number of hydrazone groups is 1. The molecule has 2 N–H and O–H groups in total. The number of benzene rings is 2. The number of amides is 2. The number of hydrogen-bond donors (Lipinski definition) is 2. The van der Waals surface area contributed by atoms with Crippen LogP contribution in [0.3, 0.4) is 0 Å². The van der Waals surface area contributed by atoms with Crippen LogP contribution in [-0.2, 0) is 23.1 Å². The van der Waals surface area contributed by atoms with Crippen molar-refractivity contribution in [1.29, 1.82) is 0 Å². The molecular formula is C22H23N5O3. The first kappa shape index (κ1) is 20.8. The Labute approximate surface area is 173 Å². The zero-order valence-corrected chi connectivity index (χ0v) is 16.8. The summed E-state index contributed by atoms with van der Waals surface area (Å²) in [6.07, 6.45) is 2.93. The van der Waals surface area contributed by atoms with E-state index in [2.05, 4.69) is 15.8 Å². The first-order valence-corrected chi connectivity index (χ1v) is 9.50. The van der Waals surface area contributed by atoms with Crippen LogP contribution in [-0.4, -0.2) is 27.4 Å². The van der Waals surface area contributed by atoms with Crippen LogP contribution >= 0.6 is 0 Å². The lowest BCUT2D eigenvalue weighted by Gasteiger charge is -2.07. The lowest BCUT2D eigenvalue weighted by molar-refractivity contribution is -0.136. The van der Waals surface area contributed by atoms with Crippen molar-refractivity contribution in [2.75, 3.05) is 5.32 Å². The molecule has 1 aromatic heterocycles. The van der Waals surface area contributed by atoms with Gasteiger partial charge in [-0.3, -0.25) is 19.1 Å². The summed E-state index contributed by atoms with van der Waals surface area (Å²) in [5.41, 5.74) is 4.14. The molecule has 0 aliphatic heterocycles. The van der Waals surface area contributed by atoms with Gasteiger partial charge in [-0.25, -0.2) is 10.1 Å². The molecule has 30 heavy (non-hydrogen) atoms. The molecule has 0 saturated carbocycles. The van der Waals surface area contributed by atoms with Crippen LogP contribution in [0.1, 0.15) is 17.7 Å². The van der Waals surface area contributed by atoms with E-state index in [1.807, 2.05) is 48.5 Å². The molecule has 3 rings (SSSR count). The third kappa shape index (κ3) is 4.72. The second kappa shape index (κ2) is 9.51. The summed E-state index contributed by atoms with van der Waals surface area (Å²) in [5.74, 6) is -1.90. The average Bonchev–Trinajstić information content (AvgIpc) is 2.97. The Balaban J connectivity index is 1.61. The molecule has 0 fully saturated rings. The summed E-state index contributed by atoms with van der Waals surface area (Å²) in [4.78, 5) is 37.0. The van der Waals surface area contributed by atoms with Crippen molar-refractivity contribution in [1.82, 2.24) is 14.8 Å². The van der Waals surface area contributed by atoms with E-state index in [9.17, 15) is 14.4 Å². The highest BCUT2D eigenvalue weighted by molar-refractivity contribution is 6.39. The van der Waals surface area contributed by atoms with E-state index >= 15 is 0 Å². The van der Waals surface area contributed by atoms with Crippen LogP contribution in [0.15, 0.2) is 70.6 Å². The van der Waals surface area contributed by atoms with E-state index in [0.29, 0.717) is 17.8 Å². The zero-order valence-electron chi connectivity index (χ0n) is 16.8. The standard InChI is InChI=1S/C22H23N5O3/c1-16-19(22(30)27(26(16)2)18-13-7-4-8-14-18)24-20(28)21(29)25-23-15-9-12-17-10-5-3-6-11-17/h3-8,10-11,13-15H,9,12H2,1-2H3,(H,24,28)(H,25,29)/b23-15+. The maximum Gasteiger partial charge on any atom is 0.329 e. The topological polar surface area (TPSA) is 97.5 Å². The van der Waals surface area contributed by atoms with Gasteiger partial charge in [0.15, 0.2) is 0 Å². The van der Waals surface area contributed by atoms with E-state index in [0.717, 1.165) is 12.0 Å². The van der Waals surface area contributed by atoms with Gasteiger partial charge >= 0.3 is 11.8 Å². The highest BCUT2D eigenvalue weighted by atomic mass is 16.2. The van der Waals surface area contributed by atoms with Crippen LogP contribution in [0, 0.1) is 6.92 Å². The Morgan fingerprint density at radius 2 is 1.63 bits per heavy atom. The molecule has 0 aliphatic carbocycles. The minimum atomic E-state index is -0.957. The molecule has 0 unspecified atom stereocenters. The van der Waals surface area contributed by atoms with E-state index in [-0.39, 0.29) is 5.69 Å². The van der Waals surface area contributed by atoms with Gasteiger partial charge in [-0.1, -0.05) is 48.5 Å². The minimum Gasteiger partial charge on any atom is -0.311 e. The van der Waals surface area contributed by atoms with Crippen molar-refractivity contribution in [3.8, 4) is 5.69 Å². The number of nitrogens with zero attached hydrogens (tertiary/aromatic N) is 3. The number of rotatable bonds is 6. The summed E-state index contributed by atoms with van der Waals surface area (Å²) in [5, 5.41) is 6.19. The minimum absolute atomic E-state index is 0.0505. The number of hydrogen-bond acceptors (Lipinski definition) is 4. The van der Waals surface area contributed by atoms with Crippen molar-refractivity contribution in [2.24, 2.45) is 12.1 Å². The Hall–Kier alpha value is -3.94. The maximum absolute atomic E-state index is 12.8. The fraction of sp³-hybridized carbons (Fsp3) is 0.182. The van der Waals surface area contributed by atoms with Gasteiger partial charge < -0.3 is 5.32 Å². The SMILES string of the molecule is Cc1c(NC(=O)C(=O)N/N=C/CCc2ccccc2)c(=O)n(-c2ccccc2)n1C. The smallest absolute Gasteiger partial charge is 0.311 e. The second-order valence-electron chi connectivity index (χ2n) is 6.67. The van der Waals surface area contributed by atoms with Crippen molar-refractivity contribution in [3.63, 3.8) is 0 Å². The number of aromatic nitrogens is 2. The number of carbonyl (C=O) groups is 2. The van der Waals surface area contributed by atoms with Gasteiger partial charge in [0, 0.05) is 13.3 Å². The van der Waals surface area contributed by atoms with Crippen LogP contribution in [0.4, 0.5) is 5.69 Å². The van der Waals surface area contributed by atoms with E-state index in [1.165, 1.54) is 10.9 Å². The molecule has 8 nitrogen and oxygen atoms in total. The highest BCUT2D eigenvalue weighted by Crippen LogP contribution is 2.13. The zero-order chi connectivity index (χ0) is 21.5. The third-order valence-electron chi connectivity index (χ3n) is 4.66. The van der Waals surface area contributed by atoms with Gasteiger partial charge in [0.25, 0.3) is 5.56 Å². The number of nitrogens with one attached hydrogen (secondary N) is 2. The normalized spacial score (nSPS) is 10.9. The third-order valence-corrected chi connectivity index (χ3v) is 4.66. The number of para-hydroxylation sites is 1. The van der Waals surface area contributed by atoms with E-state index in [1.54, 1.807) is 30.8 Å². The Kier molecular flexibility index (Phi) is 6.59. The van der Waals surface area contributed by atoms with Crippen LogP contribution in [0.25, 0.3) is 5.69 Å². The van der Waals surface area contributed by atoms with Crippen molar-refractivity contribution in [2.45, 2.75) is 19.8 Å². The van der Waals surface area contributed by atoms with Crippen molar-refractivity contribution < 1.29 is 9.59 Å². The predicted octanol–water partition coefficient (Wildman–Crippen LogP) is 2.16. The van der Waals surface area contributed by atoms with Crippen LogP contribution in [0.2, 0.25) is 0 Å². The molecule has 2 aromatic carbocycles. The molecule has 0 atom stereocenters. The highest BCUT2D eigenvalue weighted by Gasteiger charge is 2.21. The second-order valence-corrected chi connectivity index (χ2v) is 6.67. The molecule has 0 saturated heterocycles. The number of carbonyl (C=O) groups excluding carboxylic acids is 2. The number of anilines is 1. The predicted molar refractivity (Wildman–Crippen MR) is 116 cm³/mol. The number of aryl methyl sites for hydroxylation is 1. The molecule has 0 radical (unpaired) electrons. The lowest BCUT2D eigenvalue weighted by Crippen LogP contribution is -2.34. The first-order valence-electron chi connectivity index (χ1n) is 9.50. The fourth-order valence-corrected chi connectivity index (χ4v) is 2.98.